The molecule has 0 saturated carbocycles. The van der Waals surface area contributed by atoms with E-state index in [2.05, 4.69) is 19.8 Å². The summed E-state index contributed by atoms with van der Waals surface area (Å²) in [5.41, 5.74) is 6.74. The molecule has 1 aromatic heterocycles. The van der Waals surface area contributed by atoms with Crippen LogP contribution in [0.2, 0.25) is 5.15 Å². The van der Waals surface area contributed by atoms with Gasteiger partial charge in [-0.15, -0.1) is 0 Å². The average molecular weight is 306 g/mol. The van der Waals surface area contributed by atoms with E-state index in [4.69, 9.17) is 17.3 Å². The summed E-state index contributed by atoms with van der Waals surface area (Å²) in [6.45, 7) is 3.39. The number of phenolic OH excluding ortho intramolecular Hbond substituents is 1. The van der Waals surface area contributed by atoms with E-state index < -0.39 is 0 Å². The Balaban J connectivity index is 1.68. The zero-order chi connectivity index (χ0) is 14.8. The third kappa shape index (κ3) is 3.11. The number of aromatic hydroxyl groups is 1. The Hall–Kier alpha value is -2.21. The Kier molecular flexibility index (Phi) is 3.70. The van der Waals surface area contributed by atoms with Crippen molar-refractivity contribution in [1.29, 1.82) is 0 Å². The molecule has 3 N–H and O–H groups in total. The van der Waals surface area contributed by atoms with Crippen LogP contribution in [0.15, 0.2) is 30.3 Å². The molecule has 2 heterocycles. The third-order valence-corrected chi connectivity index (χ3v) is 3.71. The van der Waals surface area contributed by atoms with Gasteiger partial charge in [-0.25, -0.2) is 4.98 Å². The Bertz CT molecular complexity index is 606. The molecule has 0 bridgehead atoms. The van der Waals surface area contributed by atoms with Gasteiger partial charge in [-0.1, -0.05) is 11.6 Å². The predicted molar refractivity (Wildman–Crippen MR) is 84.0 cm³/mol. The van der Waals surface area contributed by atoms with E-state index in [-0.39, 0.29) is 11.7 Å². The van der Waals surface area contributed by atoms with Gasteiger partial charge in [0.25, 0.3) is 0 Å². The normalized spacial score (nSPS) is 15.3. The summed E-state index contributed by atoms with van der Waals surface area (Å²) in [6, 6.07) is 8.97. The molecular formula is C14H16ClN5O. The van der Waals surface area contributed by atoms with Crippen LogP contribution < -0.4 is 15.5 Å². The maximum atomic E-state index is 9.33. The highest BCUT2D eigenvalue weighted by atomic mass is 35.5. The van der Waals surface area contributed by atoms with Gasteiger partial charge in [0.1, 0.15) is 16.7 Å². The van der Waals surface area contributed by atoms with Crippen LogP contribution in [-0.2, 0) is 0 Å². The van der Waals surface area contributed by atoms with Crippen molar-refractivity contribution < 1.29 is 5.11 Å². The van der Waals surface area contributed by atoms with Gasteiger partial charge in [0.15, 0.2) is 0 Å². The van der Waals surface area contributed by atoms with E-state index in [1.165, 1.54) is 0 Å². The number of hydrogen-bond acceptors (Lipinski definition) is 6. The minimum absolute atomic E-state index is 0.193. The Morgan fingerprint density at radius 3 is 2.24 bits per heavy atom. The first-order valence-corrected chi connectivity index (χ1v) is 7.08. The fourth-order valence-electron chi connectivity index (χ4n) is 2.44. The van der Waals surface area contributed by atoms with E-state index in [0.717, 1.165) is 37.7 Å². The number of halogens is 1. The van der Waals surface area contributed by atoms with E-state index >= 15 is 0 Å². The van der Waals surface area contributed by atoms with Crippen LogP contribution in [0.5, 0.6) is 5.75 Å². The highest BCUT2D eigenvalue weighted by molar-refractivity contribution is 6.29. The van der Waals surface area contributed by atoms with E-state index in [0.29, 0.717) is 5.15 Å². The van der Waals surface area contributed by atoms with E-state index in [9.17, 15) is 5.11 Å². The average Bonchev–Trinajstić information content (AvgIpc) is 2.47. The number of aromatic nitrogens is 2. The van der Waals surface area contributed by atoms with Gasteiger partial charge in [0.05, 0.1) is 0 Å². The van der Waals surface area contributed by atoms with Gasteiger partial charge in [-0.2, -0.15) is 4.98 Å². The second-order valence-electron chi connectivity index (χ2n) is 4.90. The Morgan fingerprint density at radius 1 is 1.00 bits per heavy atom. The van der Waals surface area contributed by atoms with Gasteiger partial charge < -0.3 is 20.6 Å². The van der Waals surface area contributed by atoms with Crippen LogP contribution in [0.4, 0.5) is 17.5 Å². The molecule has 0 unspecified atom stereocenters. The van der Waals surface area contributed by atoms with Gasteiger partial charge >= 0.3 is 0 Å². The van der Waals surface area contributed by atoms with Crippen molar-refractivity contribution in [3.8, 4) is 5.75 Å². The molecule has 0 aliphatic carbocycles. The van der Waals surface area contributed by atoms with Gasteiger partial charge in [0, 0.05) is 37.9 Å². The topological polar surface area (TPSA) is 78.5 Å². The van der Waals surface area contributed by atoms with Crippen LogP contribution in [0.25, 0.3) is 0 Å². The van der Waals surface area contributed by atoms with Crippen LogP contribution in [0.3, 0.4) is 0 Å². The van der Waals surface area contributed by atoms with Crippen LogP contribution >= 0.6 is 11.6 Å². The molecule has 0 amide bonds. The summed E-state index contributed by atoms with van der Waals surface area (Å²) in [5, 5.41) is 9.69. The molecule has 1 aromatic carbocycles. The molecule has 1 aliphatic rings. The smallest absolute Gasteiger partial charge is 0.223 e. The van der Waals surface area contributed by atoms with Crippen LogP contribution in [-0.4, -0.2) is 41.3 Å². The van der Waals surface area contributed by atoms with Crippen molar-refractivity contribution in [1.82, 2.24) is 9.97 Å². The van der Waals surface area contributed by atoms with Crippen molar-refractivity contribution in [2.45, 2.75) is 0 Å². The first-order valence-electron chi connectivity index (χ1n) is 6.71. The second kappa shape index (κ2) is 5.65. The summed E-state index contributed by atoms with van der Waals surface area (Å²) in [7, 11) is 0. The highest BCUT2D eigenvalue weighted by Gasteiger charge is 2.19. The van der Waals surface area contributed by atoms with Gasteiger partial charge in [-0.3, -0.25) is 0 Å². The number of phenols is 1. The zero-order valence-corrected chi connectivity index (χ0v) is 12.2. The molecule has 0 atom stereocenters. The number of hydrogen-bond donors (Lipinski definition) is 2. The first-order chi connectivity index (χ1) is 10.1. The van der Waals surface area contributed by atoms with Crippen molar-refractivity contribution >= 4 is 29.1 Å². The molecule has 7 heteroatoms. The van der Waals surface area contributed by atoms with Crippen molar-refractivity contribution in [2.24, 2.45) is 0 Å². The number of nitrogen functional groups attached to an aromatic ring is 1. The van der Waals surface area contributed by atoms with E-state index in [1.807, 2.05) is 12.1 Å². The first kappa shape index (κ1) is 13.8. The van der Waals surface area contributed by atoms with Gasteiger partial charge in [0.2, 0.25) is 5.95 Å². The standard InChI is InChI=1S/C14H16ClN5O/c15-12-9-13(18-14(16)17-12)20-7-5-19(6-8-20)10-1-3-11(21)4-2-10/h1-4,9,21H,5-8H2,(H2,16,17,18). The number of nitrogens with two attached hydrogens (primary N) is 1. The molecule has 110 valence electrons. The fraction of sp³-hybridized carbons (Fsp3) is 0.286. The number of rotatable bonds is 2. The maximum absolute atomic E-state index is 9.33. The fourth-order valence-corrected chi connectivity index (χ4v) is 2.63. The Labute approximate surface area is 127 Å². The van der Waals surface area contributed by atoms with Crippen LogP contribution in [0.1, 0.15) is 0 Å². The molecule has 3 rings (SSSR count). The number of nitrogens with zero attached hydrogens (tertiary/aromatic N) is 4. The molecule has 21 heavy (non-hydrogen) atoms. The predicted octanol–water partition coefficient (Wildman–Crippen LogP) is 1.74. The zero-order valence-electron chi connectivity index (χ0n) is 11.4. The quantitative estimate of drug-likeness (QED) is 0.823. The van der Waals surface area contributed by atoms with Crippen LogP contribution in [0, 0.1) is 0 Å². The SMILES string of the molecule is Nc1nc(Cl)cc(N2CCN(c3ccc(O)cc3)CC2)n1. The van der Waals surface area contributed by atoms with Crippen molar-refractivity contribution in [2.75, 3.05) is 41.7 Å². The Morgan fingerprint density at radius 2 is 1.62 bits per heavy atom. The summed E-state index contributed by atoms with van der Waals surface area (Å²) in [6.07, 6.45) is 0. The molecule has 0 radical (unpaired) electrons. The van der Waals surface area contributed by atoms with Crippen molar-refractivity contribution in [3.05, 3.63) is 35.5 Å². The lowest BCUT2D eigenvalue weighted by Gasteiger charge is -2.36. The molecular weight excluding hydrogens is 290 g/mol. The third-order valence-electron chi connectivity index (χ3n) is 3.52. The molecule has 1 fully saturated rings. The highest BCUT2D eigenvalue weighted by Crippen LogP contribution is 2.22. The summed E-state index contributed by atoms with van der Waals surface area (Å²) >= 11 is 5.92. The monoisotopic (exact) mass is 305 g/mol. The lowest BCUT2D eigenvalue weighted by molar-refractivity contribution is 0.475. The molecule has 0 spiro atoms. The minimum Gasteiger partial charge on any atom is -0.508 e. The maximum Gasteiger partial charge on any atom is 0.223 e. The largest absolute Gasteiger partial charge is 0.508 e. The molecule has 1 aliphatic heterocycles. The summed E-state index contributed by atoms with van der Waals surface area (Å²) in [5.74, 6) is 1.24. The minimum atomic E-state index is 0.193. The lowest BCUT2D eigenvalue weighted by Crippen LogP contribution is -2.46. The summed E-state index contributed by atoms with van der Waals surface area (Å²) in [4.78, 5) is 12.5. The number of piperazine rings is 1. The number of benzene rings is 1. The molecule has 2 aromatic rings. The number of anilines is 3. The second-order valence-corrected chi connectivity index (χ2v) is 5.28. The molecule has 6 nitrogen and oxygen atoms in total. The lowest BCUT2D eigenvalue weighted by atomic mass is 10.2. The summed E-state index contributed by atoms with van der Waals surface area (Å²) < 4.78 is 0. The molecule has 1 saturated heterocycles. The van der Waals surface area contributed by atoms with Gasteiger partial charge in [-0.05, 0) is 24.3 Å². The van der Waals surface area contributed by atoms with Crippen molar-refractivity contribution in [3.63, 3.8) is 0 Å². The van der Waals surface area contributed by atoms with E-state index in [1.54, 1.807) is 18.2 Å².